The van der Waals surface area contributed by atoms with Gasteiger partial charge in [0.25, 0.3) is 0 Å². The van der Waals surface area contributed by atoms with Gasteiger partial charge in [-0.25, -0.2) is 0 Å². The van der Waals surface area contributed by atoms with Crippen molar-refractivity contribution >= 4 is 101 Å². The molecule has 0 saturated heterocycles. The summed E-state index contributed by atoms with van der Waals surface area (Å²) in [6.07, 6.45) is 0. The van der Waals surface area contributed by atoms with E-state index in [-0.39, 0.29) is 0 Å². The Hall–Kier alpha value is -2.91. The topological polar surface area (TPSA) is 0 Å². The van der Waals surface area contributed by atoms with Crippen molar-refractivity contribution in [2.75, 3.05) is 0 Å². The van der Waals surface area contributed by atoms with Crippen LogP contribution >= 0.6 is 17.0 Å². The van der Waals surface area contributed by atoms with E-state index < -0.39 is 53.1 Å². The van der Waals surface area contributed by atoms with E-state index in [0.717, 1.165) is 9.52 Å². The van der Waals surface area contributed by atoms with Gasteiger partial charge in [-0.1, -0.05) is 247 Å². The Morgan fingerprint density at radius 3 is 0.924 bits per heavy atom. The summed E-state index contributed by atoms with van der Waals surface area (Å²) >= 11 is -0.826. The van der Waals surface area contributed by atoms with Gasteiger partial charge >= 0.3 is 37.9 Å². The second-order valence-electron chi connectivity index (χ2n) is 21.9. The van der Waals surface area contributed by atoms with E-state index in [4.69, 9.17) is 17.0 Å². The molecule has 0 aliphatic carbocycles. The Kier molecular flexibility index (Phi) is 18.6. The number of fused-ring (bicyclic) bond motifs is 2. The summed E-state index contributed by atoms with van der Waals surface area (Å²) in [7, 11) is 5.17. The van der Waals surface area contributed by atoms with Crippen molar-refractivity contribution in [2.24, 2.45) is 0 Å². The number of aryl methyl sites for hydroxylation is 2. The van der Waals surface area contributed by atoms with Gasteiger partial charge in [0.05, 0.1) is 32.3 Å². The second kappa shape index (κ2) is 22.7. The summed E-state index contributed by atoms with van der Waals surface area (Å²) in [5.41, 5.74) is 13.5. The maximum atomic E-state index is 4.93. The summed E-state index contributed by atoms with van der Waals surface area (Å²) in [4.78, 5) is 0. The van der Waals surface area contributed by atoms with Gasteiger partial charge in [0.2, 0.25) is 0 Å². The number of rotatable bonds is 8. The third-order valence-electron chi connectivity index (χ3n) is 12.1. The van der Waals surface area contributed by atoms with Crippen molar-refractivity contribution < 1.29 is 20.8 Å². The van der Waals surface area contributed by atoms with Gasteiger partial charge in [-0.05, 0) is 33.4 Å². The minimum atomic E-state index is -1.44. The maximum absolute atomic E-state index is 4.93. The molecule has 0 unspecified atom stereocenters. The molecule has 66 heavy (non-hydrogen) atoms. The minimum absolute atomic E-state index is 0.826. The SMILES string of the molecule is C[Si]C.Cc1cc2c(-c3cc([Si](C)(C)C)cc([Si](C)(C)C)c3)c(-c3ccccc3)ccc2[cH-]1.Cc1cc2c(-c3cc([Si](C)(C)C)cc([Si](C)(C)C)c3)c(-c3ccccc3)ccc2[cH-]1.[Cl][Zr+2][Cl]. The Labute approximate surface area is 424 Å². The molecule has 0 aliphatic rings. The van der Waals surface area contributed by atoms with E-state index >= 15 is 0 Å². The standard InChI is InChI=1S/2C28H33Si2.C2H6Si.2ClH.Zr/c2*1-20-15-22-13-14-26(21-11-9-8-10-12-21)28(27(22)16-20)23-17-24(29(2,3)4)19-25(18-23)30(5,6)7;1-3-2;;;/h2*8-19H,1-7H3;1-2H3;2*1H;/q2*-1;;;;+4/p-2. The fraction of sp³-hybridized carbons (Fsp3) is 0.276. The number of benzene rings is 6. The van der Waals surface area contributed by atoms with E-state index in [1.807, 2.05) is 0 Å². The van der Waals surface area contributed by atoms with E-state index in [0.29, 0.717) is 0 Å². The second-order valence-corrected chi connectivity index (χ2v) is 47.0. The van der Waals surface area contributed by atoms with Crippen LogP contribution in [0.4, 0.5) is 0 Å². The average molecular weight is 1070 g/mol. The van der Waals surface area contributed by atoms with Crippen molar-refractivity contribution in [3.63, 3.8) is 0 Å². The van der Waals surface area contributed by atoms with Gasteiger partial charge < -0.3 is 0 Å². The molecule has 0 amide bonds. The molecule has 8 aromatic rings. The molecule has 8 aromatic carbocycles. The third kappa shape index (κ3) is 13.7. The van der Waals surface area contributed by atoms with Crippen LogP contribution < -0.4 is 20.7 Å². The van der Waals surface area contributed by atoms with Crippen LogP contribution in [-0.2, 0) is 20.8 Å². The van der Waals surface area contributed by atoms with Crippen molar-refractivity contribution in [3.05, 3.63) is 157 Å². The molecule has 342 valence electrons. The zero-order valence-corrected chi connectivity index (χ0v) is 51.6. The monoisotopic (exact) mass is 1070 g/mol. The van der Waals surface area contributed by atoms with Crippen LogP contribution in [0.25, 0.3) is 66.1 Å². The summed E-state index contributed by atoms with van der Waals surface area (Å²) in [6.45, 7) is 38.3. The first kappa shape index (κ1) is 54.0. The molecule has 8 rings (SSSR count). The number of hydrogen-bond donors (Lipinski definition) is 0. The predicted molar refractivity (Wildman–Crippen MR) is 311 cm³/mol. The molecule has 0 fully saturated rings. The molecule has 0 aliphatic heterocycles. The average Bonchev–Trinajstić information content (AvgIpc) is 3.83. The third-order valence-corrected chi connectivity index (χ3v) is 20.2. The van der Waals surface area contributed by atoms with Crippen molar-refractivity contribution in [1.29, 1.82) is 0 Å². The first-order valence-corrected chi connectivity index (χ1v) is 45.6. The molecule has 8 heteroatoms. The van der Waals surface area contributed by atoms with Gasteiger partial charge in [-0.3, -0.25) is 0 Å². The van der Waals surface area contributed by atoms with Crippen molar-refractivity contribution in [2.45, 2.75) is 106 Å². The van der Waals surface area contributed by atoms with E-state index in [2.05, 4.69) is 251 Å². The van der Waals surface area contributed by atoms with Gasteiger partial charge in [-0.2, -0.15) is 12.1 Å². The van der Waals surface area contributed by atoms with Crippen LogP contribution in [0.5, 0.6) is 0 Å². The first-order chi connectivity index (χ1) is 30.9. The van der Waals surface area contributed by atoms with Gasteiger partial charge in [0.1, 0.15) is 0 Å². The Bertz CT molecular complexity index is 2590. The Morgan fingerprint density at radius 2 is 0.667 bits per heavy atom. The van der Waals surface area contributed by atoms with Gasteiger partial charge in [0.15, 0.2) is 0 Å². The molecular formula is C58H72Cl2Si5Zr. The molecule has 0 bridgehead atoms. The van der Waals surface area contributed by atoms with Crippen LogP contribution in [0.1, 0.15) is 11.1 Å². The van der Waals surface area contributed by atoms with Gasteiger partial charge in [0, 0.05) is 9.52 Å². The molecule has 0 nitrogen and oxygen atoms in total. The van der Waals surface area contributed by atoms with Crippen LogP contribution in [0.2, 0.25) is 91.7 Å². The normalized spacial score (nSPS) is 11.8. The quantitative estimate of drug-likeness (QED) is 0.105. The Morgan fingerprint density at radius 1 is 0.394 bits per heavy atom. The molecular weight excluding hydrogens is 999 g/mol. The summed E-state index contributed by atoms with van der Waals surface area (Å²) < 4.78 is 0. The molecule has 0 heterocycles. The Balaban J connectivity index is 0.000000221. The number of hydrogen-bond acceptors (Lipinski definition) is 0. The van der Waals surface area contributed by atoms with Crippen LogP contribution in [0.15, 0.2) is 146 Å². The van der Waals surface area contributed by atoms with Gasteiger partial charge in [-0.15, -0.1) is 56.9 Å². The molecule has 0 N–H and O–H groups in total. The predicted octanol–water partition coefficient (Wildman–Crippen LogP) is 16.7. The fourth-order valence-electron chi connectivity index (χ4n) is 8.48. The fourth-order valence-corrected chi connectivity index (χ4v) is 13.5. The zero-order chi connectivity index (χ0) is 48.8. The molecule has 0 saturated carbocycles. The number of halogens is 2. The summed E-state index contributed by atoms with van der Waals surface area (Å²) in [5, 5.41) is 11.7. The van der Waals surface area contributed by atoms with E-state index in [1.165, 1.54) is 77.2 Å². The first-order valence-electron chi connectivity index (χ1n) is 23.3. The van der Waals surface area contributed by atoms with E-state index in [9.17, 15) is 0 Å². The van der Waals surface area contributed by atoms with Crippen molar-refractivity contribution in [3.8, 4) is 44.5 Å². The van der Waals surface area contributed by atoms with Crippen LogP contribution in [0, 0.1) is 13.8 Å². The van der Waals surface area contributed by atoms with Crippen LogP contribution in [-0.4, -0.2) is 41.8 Å². The molecule has 0 aromatic heterocycles. The molecule has 2 radical (unpaired) electrons. The van der Waals surface area contributed by atoms with E-state index in [1.54, 1.807) is 20.7 Å². The molecule has 0 spiro atoms. The molecule has 0 atom stereocenters. The van der Waals surface area contributed by atoms with Crippen molar-refractivity contribution in [1.82, 2.24) is 0 Å². The van der Waals surface area contributed by atoms with Crippen LogP contribution in [0.3, 0.4) is 0 Å². The summed E-state index contributed by atoms with van der Waals surface area (Å²) in [6, 6.07) is 55.4. The zero-order valence-electron chi connectivity index (χ0n) is 42.6. The summed E-state index contributed by atoms with van der Waals surface area (Å²) in [5.74, 6) is 0.